The highest BCUT2D eigenvalue weighted by molar-refractivity contribution is 6.10. The first kappa shape index (κ1) is 13.2. The molecule has 0 atom stereocenters. The molecular formula is C15H18N2O2. The van der Waals surface area contributed by atoms with E-state index in [9.17, 15) is 0 Å². The zero-order valence-electron chi connectivity index (χ0n) is 11.1. The largest absolute Gasteiger partial charge is 0.493 e. The number of rotatable bonds is 4. The monoisotopic (exact) mass is 258 g/mol. The number of amidine groups is 1. The van der Waals surface area contributed by atoms with Gasteiger partial charge in [0.25, 0.3) is 0 Å². The van der Waals surface area contributed by atoms with Crippen LogP contribution in [-0.4, -0.2) is 17.6 Å². The van der Waals surface area contributed by atoms with Crippen LogP contribution in [0.25, 0.3) is 10.8 Å². The van der Waals surface area contributed by atoms with Crippen LogP contribution in [0.15, 0.2) is 41.6 Å². The van der Waals surface area contributed by atoms with E-state index in [4.69, 9.17) is 15.7 Å². The number of benzene rings is 2. The van der Waals surface area contributed by atoms with E-state index in [1.807, 2.05) is 36.4 Å². The van der Waals surface area contributed by atoms with Crippen LogP contribution < -0.4 is 10.5 Å². The van der Waals surface area contributed by atoms with E-state index in [1.54, 1.807) is 0 Å². The highest BCUT2D eigenvalue weighted by atomic mass is 16.5. The topological polar surface area (TPSA) is 67.8 Å². The van der Waals surface area contributed by atoms with Gasteiger partial charge < -0.3 is 15.7 Å². The van der Waals surface area contributed by atoms with E-state index < -0.39 is 0 Å². The van der Waals surface area contributed by atoms with E-state index in [2.05, 4.69) is 19.0 Å². The van der Waals surface area contributed by atoms with Crippen LogP contribution in [0.4, 0.5) is 0 Å². The van der Waals surface area contributed by atoms with E-state index >= 15 is 0 Å². The Morgan fingerprint density at radius 2 is 1.89 bits per heavy atom. The summed E-state index contributed by atoms with van der Waals surface area (Å²) in [6.45, 7) is 4.87. The molecule has 0 saturated carbocycles. The summed E-state index contributed by atoms with van der Waals surface area (Å²) in [6, 6.07) is 11.4. The number of ether oxygens (including phenoxy) is 1. The number of fused-ring (bicyclic) bond motifs is 1. The van der Waals surface area contributed by atoms with Crippen LogP contribution in [0.5, 0.6) is 5.75 Å². The Kier molecular flexibility index (Phi) is 3.90. The standard InChI is InChI=1S/C15H18N2O2/c1-10(2)9-19-14-8-7-13(15(16)17-18)11-5-3-4-6-12(11)14/h3-8,10,18H,9H2,1-2H3,(H2,16,17). The van der Waals surface area contributed by atoms with Crippen molar-refractivity contribution >= 4 is 16.6 Å². The van der Waals surface area contributed by atoms with Gasteiger partial charge in [-0.05, 0) is 23.4 Å². The third kappa shape index (κ3) is 2.78. The van der Waals surface area contributed by atoms with Crippen LogP contribution in [-0.2, 0) is 0 Å². The molecule has 2 aromatic carbocycles. The van der Waals surface area contributed by atoms with Gasteiger partial charge in [0.2, 0.25) is 0 Å². The maximum absolute atomic E-state index is 8.82. The molecule has 0 aliphatic rings. The van der Waals surface area contributed by atoms with Gasteiger partial charge in [0.15, 0.2) is 5.84 Å². The Labute approximate surface area is 112 Å². The molecule has 3 N–H and O–H groups in total. The van der Waals surface area contributed by atoms with Crippen LogP contribution in [0.2, 0.25) is 0 Å². The zero-order chi connectivity index (χ0) is 13.8. The van der Waals surface area contributed by atoms with Crippen molar-refractivity contribution < 1.29 is 9.94 Å². The molecule has 0 fully saturated rings. The van der Waals surface area contributed by atoms with E-state index in [0.29, 0.717) is 18.1 Å². The zero-order valence-corrected chi connectivity index (χ0v) is 11.1. The predicted molar refractivity (Wildman–Crippen MR) is 76.8 cm³/mol. The normalized spacial score (nSPS) is 12.1. The highest BCUT2D eigenvalue weighted by Crippen LogP contribution is 2.28. The summed E-state index contributed by atoms with van der Waals surface area (Å²) >= 11 is 0. The smallest absolute Gasteiger partial charge is 0.170 e. The second-order valence-corrected chi connectivity index (χ2v) is 4.85. The van der Waals surface area contributed by atoms with Gasteiger partial charge in [-0.1, -0.05) is 43.3 Å². The fourth-order valence-corrected chi connectivity index (χ4v) is 1.93. The van der Waals surface area contributed by atoms with E-state index in [1.165, 1.54) is 0 Å². The Bertz CT molecular complexity index is 606. The molecule has 0 heterocycles. The first-order valence-corrected chi connectivity index (χ1v) is 6.26. The van der Waals surface area contributed by atoms with Crippen molar-refractivity contribution in [1.82, 2.24) is 0 Å². The SMILES string of the molecule is CC(C)COc1ccc(/C(N)=N/O)c2ccccc12. The van der Waals surface area contributed by atoms with Crippen molar-refractivity contribution in [2.24, 2.45) is 16.8 Å². The van der Waals surface area contributed by atoms with Gasteiger partial charge in [-0.25, -0.2) is 0 Å². The Balaban J connectivity index is 2.52. The number of oxime groups is 1. The minimum absolute atomic E-state index is 0.103. The summed E-state index contributed by atoms with van der Waals surface area (Å²) < 4.78 is 5.81. The summed E-state index contributed by atoms with van der Waals surface area (Å²) in [5.41, 5.74) is 6.40. The quantitative estimate of drug-likeness (QED) is 0.383. The van der Waals surface area contributed by atoms with Gasteiger partial charge in [0.1, 0.15) is 5.75 Å². The predicted octanol–water partition coefficient (Wildman–Crippen LogP) is 2.97. The van der Waals surface area contributed by atoms with Crippen LogP contribution in [0, 0.1) is 5.92 Å². The third-order valence-electron chi connectivity index (χ3n) is 2.84. The number of nitrogens with zero attached hydrogens (tertiary/aromatic N) is 1. The fraction of sp³-hybridized carbons (Fsp3) is 0.267. The second-order valence-electron chi connectivity index (χ2n) is 4.85. The molecule has 0 aliphatic heterocycles. The Morgan fingerprint density at radius 3 is 2.53 bits per heavy atom. The third-order valence-corrected chi connectivity index (χ3v) is 2.84. The molecule has 0 aromatic heterocycles. The summed E-state index contributed by atoms with van der Waals surface area (Å²) in [4.78, 5) is 0. The first-order chi connectivity index (χ1) is 9.13. The van der Waals surface area contributed by atoms with Crippen LogP contribution in [0.3, 0.4) is 0 Å². The highest BCUT2D eigenvalue weighted by Gasteiger charge is 2.10. The summed E-state index contributed by atoms with van der Waals surface area (Å²) in [6.07, 6.45) is 0. The molecule has 0 saturated heterocycles. The van der Waals surface area contributed by atoms with Crippen LogP contribution >= 0.6 is 0 Å². The van der Waals surface area contributed by atoms with Crippen molar-refractivity contribution in [3.05, 3.63) is 42.0 Å². The lowest BCUT2D eigenvalue weighted by atomic mass is 10.0. The molecule has 0 radical (unpaired) electrons. The van der Waals surface area contributed by atoms with Crippen molar-refractivity contribution in [2.75, 3.05) is 6.61 Å². The first-order valence-electron chi connectivity index (χ1n) is 6.26. The van der Waals surface area contributed by atoms with Gasteiger partial charge in [0, 0.05) is 10.9 Å². The molecule has 0 aliphatic carbocycles. The second kappa shape index (κ2) is 5.61. The van der Waals surface area contributed by atoms with Gasteiger partial charge in [0.05, 0.1) is 6.61 Å². The van der Waals surface area contributed by atoms with Crippen LogP contribution in [0.1, 0.15) is 19.4 Å². The maximum Gasteiger partial charge on any atom is 0.170 e. The lowest BCUT2D eigenvalue weighted by Crippen LogP contribution is -2.14. The van der Waals surface area contributed by atoms with E-state index in [0.717, 1.165) is 16.5 Å². The molecular weight excluding hydrogens is 240 g/mol. The lowest BCUT2D eigenvalue weighted by molar-refractivity contribution is 0.274. The van der Waals surface area contributed by atoms with Crippen molar-refractivity contribution in [1.29, 1.82) is 0 Å². The lowest BCUT2D eigenvalue weighted by Gasteiger charge is -2.13. The van der Waals surface area contributed by atoms with E-state index in [-0.39, 0.29) is 5.84 Å². The molecule has 2 aromatic rings. The van der Waals surface area contributed by atoms with Gasteiger partial charge in [-0.3, -0.25) is 0 Å². The van der Waals surface area contributed by atoms with Crippen molar-refractivity contribution in [2.45, 2.75) is 13.8 Å². The molecule has 0 unspecified atom stereocenters. The molecule has 0 amide bonds. The average Bonchev–Trinajstić information content (AvgIpc) is 2.43. The minimum atomic E-state index is 0.103. The number of nitrogens with two attached hydrogens (primary N) is 1. The average molecular weight is 258 g/mol. The van der Waals surface area contributed by atoms with Gasteiger partial charge in [-0.2, -0.15) is 0 Å². The molecule has 100 valence electrons. The Hall–Kier alpha value is -2.23. The maximum atomic E-state index is 8.82. The number of hydrogen-bond acceptors (Lipinski definition) is 3. The molecule has 4 nitrogen and oxygen atoms in total. The summed E-state index contributed by atoms with van der Waals surface area (Å²) in [5, 5.41) is 13.8. The minimum Gasteiger partial charge on any atom is -0.493 e. The summed E-state index contributed by atoms with van der Waals surface area (Å²) in [5.74, 6) is 1.38. The Morgan fingerprint density at radius 1 is 1.21 bits per heavy atom. The van der Waals surface area contributed by atoms with Crippen molar-refractivity contribution in [3.63, 3.8) is 0 Å². The summed E-state index contributed by atoms with van der Waals surface area (Å²) in [7, 11) is 0. The molecule has 0 bridgehead atoms. The molecule has 0 spiro atoms. The van der Waals surface area contributed by atoms with Crippen molar-refractivity contribution in [3.8, 4) is 5.75 Å². The molecule has 4 heteroatoms. The molecule has 2 rings (SSSR count). The number of hydrogen-bond donors (Lipinski definition) is 2. The molecule has 19 heavy (non-hydrogen) atoms. The van der Waals surface area contributed by atoms with Gasteiger partial charge in [-0.15, -0.1) is 0 Å². The fourth-order valence-electron chi connectivity index (χ4n) is 1.93. The van der Waals surface area contributed by atoms with Gasteiger partial charge >= 0.3 is 0 Å².